The Labute approximate surface area is 766 Å². The van der Waals surface area contributed by atoms with Crippen LogP contribution in [0.1, 0.15) is 128 Å². The number of aliphatic hydroxyl groups is 4. The van der Waals surface area contributed by atoms with Gasteiger partial charge in [-0.15, -0.1) is 0 Å². The van der Waals surface area contributed by atoms with Gasteiger partial charge in [0, 0.05) is 27.3 Å². The molecule has 0 spiro atoms. The van der Waals surface area contributed by atoms with E-state index in [0.29, 0.717) is 27.3 Å². The Bertz CT molecular complexity index is 6250. The lowest BCUT2D eigenvalue weighted by Crippen LogP contribution is -1.84. The van der Waals surface area contributed by atoms with Crippen LogP contribution in [0.15, 0.2) is 400 Å². The van der Waals surface area contributed by atoms with Crippen LogP contribution in [0, 0.1) is 55.7 Å². The largest absolute Gasteiger partial charge is 0.392 e. The summed E-state index contributed by atoms with van der Waals surface area (Å²) in [6, 6.07) is 123. The van der Waals surface area contributed by atoms with Gasteiger partial charge in [-0.05, 0) is 177 Å². The second-order valence-electron chi connectivity index (χ2n) is 29.6. The standard InChI is InChI=1S/C16H15FO.C16H16O.2C15H13FO.C15H14.C14H10ClF.2C14H11F/c1-12-2-9-16(17)15(10-12)8-7-13-3-5-14(11-18)6-4-13;1-13-2-4-14(5-3-13)6-7-15-8-10-16(12-17)11-9-15;16-15-3-1-2-13(10-15)7-4-12-5-8-14(11-17)9-6-12;16-15-4-2-1-3-14(15)10-9-12-5-7-13(11-17)8-6-12;1-13-7-9-15(10-8-13)12-11-14-5-3-2-4-6-14;15-13-9-6-11(7-10-13)5-8-12-3-1-2-4-14(12)16;15-14-9-5-4-8-13(14)11-10-12-6-2-1-3-7-12;15-14-8-4-7-13(11-14)10-9-12-5-2-1-3-6-12/h2-10,18H,11H2,1H3;2-11,17H,12H2,1H3;2*1-10,17H,11H2;2-12H,1H3;1-10H;2*1-11H/b8-7+;7-6+;7-4+;10-9+;12-11+;8-5+;11-10+;10-9+. The Morgan fingerprint density at radius 1 is 0.185 bits per heavy atom. The Morgan fingerprint density at radius 3 is 0.662 bits per heavy atom. The SMILES string of the molecule is Cc1ccc(/C=C/c2ccc(CO)cc2)cc1.Cc1ccc(/C=C/c2ccccc2)cc1.Cc1ccc(F)c(/C=C/c2ccc(CO)cc2)c1.Fc1cccc(/C=C/c2ccccc2)c1.Fc1ccccc1/C=C/c1ccc(Cl)cc1.Fc1ccccc1/C=C/c1ccccc1.OCc1ccc(/C=C/c2cccc(F)c2)cc1.OCc1ccc(/C=C/c2ccccc2F)cc1. The predicted octanol–water partition coefficient (Wildman–Crippen LogP) is 31.2. The van der Waals surface area contributed by atoms with Crippen molar-refractivity contribution in [3.05, 3.63) is 568 Å². The van der Waals surface area contributed by atoms with Gasteiger partial charge < -0.3 is 20.4 Å². The molecule has 0 aliphatic heterocycles. The first-order valence-corrected chi connectivity index (χ1v) is 42.5. The molecule has 0 bridgehead atoms. The Hall–Kier alpha value is -14.9. The lowest BCUT2D eigenvalue weighted by atomic mass is 10.1. The van der Waals surface area contributed by atoms with Crippen LogP contribution in [0.3, 0.4) is 0 Å². The molecular weight excluding hydrogens is 1640 g/mol. The third kappa shape index (κ3) is 38.1. The Morgan fingerprint density at radius 2 is 0.392 bits per heavy atom. The summed E-state index contributed by atoms with van der Waals surface area (Å²) in [6.07, 6.45) is 30.6. The van der Waals surface area contributed by atoms with E-state index in [4.69, 9.17) is 32.0 Å². The zero-order chi connectivity index (χ0) is 92.1. The fourth-order valence-electron chi connectivity index (χ4n) is 11.9. The van der Waals surface area contributed by atoms with Crippen LogP contribution < -0.4 is 0 Å². The maximum atomic E-state index is 13.5. The molecule has 4 nitrogen and oxygen atoms in total. The molecule has 11 heteroatoms. The molecule has 0 aliphatic carbocycles. The first kappa shape index (κ1) is 98.9. The average Bonchev–Trinajstić information content (AvgIpc) is 0.879. The summed E-state index contributed by atoms with van der Waals surface area (Å²) in [5.41, 5.74) is 22.2. The molecule has 0 saturated heterocycles. The van der Waals surface area contributed by atoms with Crippen molar-refractivity contribution in [1.29, 1.82) is 0 Å². The van der Waals surface area contributed by atoms with Crippen LogP contribution in [-0.2, 0) is 26.4 Å². The van der Waals surface area contributed by atoms with Gasteiger partial charge in [-0.25, -0.2) is 26.3 Å². The minimum absolute atomic E-state index is 0.0382. The summed E-state index contributed by atoms with van der Waals surface area (Å²) in [7, 11) is 0. The number of hydrogen-bond acceptors (Lipinski definition) is 4. The molecular formula is C119H103ClF6O4. The first-order chi connectivity index (χ1) is 63.3. The summed E-state index contributed by atoms with van der Waals surface area (Å²) in [5.74, 6) is -1.29. The van der Waals surface area contributed by atoms with Gasteiger partial charge >= 0.3 is 0 Å². The molecule has 0 unspecified atom stereocenters. The fourth-order valence-corrected chi connectivity index (χ4v) is 12.0. The lowest BCUT2D eigenvalue weighted by molar-refractivity contribution is 0.281. The van der Waals surface area contributed by atoms with Crippen LogP contribution in [0.4, 0.5) is 26.3 Å². The van der Waals surface area contributed by atoms with E-state index in [2.05, 4.69) is 111 Å². The van der Waals surface area contributed by atoms with E-state index >= 15 is 0 Å². The van der Waals surface area contributed by atoms with E-state index in [1.54, 1.807) is 85.0 Å². The first-order valence-electron chi connectivity index (χ1n) is 42.1. The monoisotopic (exact) mass is 1740 g/mol. The van der Waals surface area contributed by atoms with Crippen LogP contribution in [0.2, 0.25) is 5.02 Å². The summed E-state index contributed by atoms with van der Waals surface area (Å²) in [6.45, 7) is 6.35. The van der Waals surface area contributed by atoms with Crippen LogP contribution in [0.5, 0.6) is 0 Å². The van der Waals surface area contributed by atoms with Crippen LogP contribution in [0.25, 0.3) is 97.2 Å². The normalized spacial score (nSPS) is 10.9. The highest BCUT2D eigenvalue weighted by atomic mass is 35.5. The molecule has 0 aliphatic rings. The van der Waals surface area contributed by atoms with Crippen molar-refractivity contribution >= 4 is 109 Å². The highest BCUT2D eigenvalue weighted by molar-refractivity contribution is 6.30. The molecule has 16 aromatic carbocycles. The van der Waals surface area contributed by atoms with Gasteiger partial charge in [0.25, 0.3) is 0 Å². The van der Waals surface area contributed by atoms with E-state index in [0.717, 1.165) is 77.9 Å². The molecule has 652 valence electrons. The van der Waals surface area contributed by atoms with Crippen molar-refractivity contribution < 1.29 is 46.8 Å². The zero-order valence-corrected chi connectivity index (χ0v) is 73.4. The summed E-state index contributed by atoms with van der Waals surface area (Å²) in [4.78, 5) is 0. The molecule has 130 heavy (non-hydrogen) atoms. The van der Waals surface area contributed by atoms with Crippen molar-refractivity contribution in [1.82, 2.24) is 0 Å². The third-order valence-corrected chi connectivity index (χ3v) is 19.6. The molecule has 0 atom stereocenters. The highest BCUT2D eigenvalue weighted by Gasteiger charge is 2.03. The van der Waals surface area contributed by atoms with E-state index in [9.17, 15) is 26.3 Å². The molecule has 0 amide bonds. The fraction of sp³-hybridized carbons (Fsp3) is 0.0588. The van der Waals surface area contributed by atoms with E-state index in [1.807, 2.05) is 274 Å². The third-order valence-electron chi connectivity index (χ3n) is 19.3. The van der Waals surface area contributed by atoms with E-state index in [-0.39, 0.29) is 61.3 Å². The van der Waals surface area contributed by atoms with Gasteiger partial charge in [0.2, 0.25) is 0 Å². The molecule has 0 saturated carbocycles. The number of halogens is 7. The lowest BCUT2D eigenvalue weighted by Gasteiger charge is -2.00. The van der Waals surface area contributed by atoms with Crippen LogP contribution >= 0.6 is 11.6 Å². The van der Waals surface area contributed by atoms with Crippen molar-refractivity contribution in [3.63, 3.8) is 0 Å². The molecule has 0 radical (unpaired) electrons. The maximum Gasteiger partial charge on any atom is 0.130 e. The summed E-state index contributed by atoms with van der Waals surface area (Å²) >= 11 is 5.77. The van der Waals surface area contributed by atoms with E-state index in [1.165, 1.54) is 76.3 Å². The average molecular weight is 1750 g/mol. The van der Waals surface area contributed by atoms with Gasteiger partial charge in [0.1, 0.15) is 34.9 Å². The van der Waals surface area contributed by atoms with Gasteiger partial charge in [-0.2, -0.15) is 0 Å². The van der Waals surface area contributed by atoms with Gasteiger partial charge in [0.15, 0.2) is 0 Å². The molecule has 0 heterocycles. The topological polar surface area (TPSA) is 80.9 Å². The molecule has 0 fully saturated rings. The molecule has 4 N–H and O–H groups in total. The maximum absolute atomic E-state index is 13.5. The van der Waals surface area contributed by atoms with Crippen molar-refractivity contribution in [3.8, 4) is 0 Å². The molecule has 0 aromatic heterocycles. The van der Waals surface area contributed by atoms with Gasteiger partial charge in [-0.3, -0.25) is 0 Å². The minimum atomic E-state index is -0.234. The highest BCUT2D eigenvalue weighted by Crippen LogP contribution is 2.22. The number of hydrogen-bond donors (Lipinski definition) is 4. The number of aryl methyl sites for hydroxylation is 3. The van der Waals surface area contributed by atoms with Crippen molar-refractivity contribution in [2.45, 2.75) is 47.2 Å². The minimum Gasteiger partial charge on any atom is -0.392 e. The second-order valence-corrected chi connectivity index (χ2v) is 30.0. The molecule has 16 rings (SSSR count). The zero-order valence-electron chi connectivity index (χ0n) is 72.6. The summed E-state index contributed by atoms with van der Waals surface area (Å²) < 4.78 is 79.1. The molecule has 16 aromatic rings. The Balaban J connectivity index is 0.000000168. The smallest absolute Gasteiger partial charge is 0.130 e. The number of aliphatic hydroxyl groups excluding tert-OH is 4. The van der Waals surface area contributed by atoms with Crippen molar-refractivity contribution in [2.24, 2.45) is 0 Å². The second kappa shape index (κ2) is 56.3. The number of rotatable bonds is 20. The van der Waals surface area contributed by atoms with Gasteiger partial charge in [0.05, 0.1) is 26.4 Å². The predicted molar refractivity (Wildman–Crippen MR) is 537 cm³/mol. The van der Waals surface area contributed by atoms with Crippen molar-refractivity contribution in [2.75, 3.05) is 0 Å². The van der Waals surface area contributed by atoms with Crippen LogP contribution in [-0.4, -0.2) is 20.4 Å². The number of benzene rings is 16. The quantitative estimate of drug-likeness (QED) is 0.0453. The summed E-state index contributed by atoms with van der Waals surface area (Å²) in [5, 5.41) is 36.4. The Kier molecular flexibility index (Phi) is 42.8. The van der Waals surface area contributed by atoms with Gasteiger partial charge in [-0.1, -0.05) is 459 Å². The van der Waals surface area contributed by atoms with E-state index < -0.39 is 0 Å².